The quantitative estimate of drug-likeness (QED) is 0.765. The Hall–Kier alpha value is -1.14. The third-order valence-corrected chi connectivity index (χ3v) is 5.15. The van der Waals surface area contributed by atoms with Crippen molar-refractivity contribution in [1.82, 2.24) is 15.1 Å². The zero-order chi connectivity index (χ0) is 18.1. The summed E-state index contributed by atoms with van der Waals surface area (Å²) in [6.45, 7) is 6.37. The largest absolute Gasteiger partial charge is 0.368 e. The Labute approximate surface area is 147 Å². The predicted molar refractivity (Wildman–Crippen MR) is 97.6 cm³/mol. The summed E-state index contributed by atoms with van der Waals surface area (Å²) in [5.74, 6) is 0.0466. The summed E-state index contributed by atoms with van der Waals surface area (Å²) >= 11 is 0. The fourth-order valence-corrected chi connectivity index (χ4v) is 3.54. The zero-order valence-electron chi connectivity index (χ0n) is 15.9. The van der Waals surface area contributed by atoms with Gasteiger partial charge in [0.15, 0.2) is 0 Å². The maximum absolute atomic E-state index is 11.9. The van der Waals surface area contributed by atoms with Gasteiger partial charge in [-0.15, -0.1) is 0 Å². The maximum atomic E-state index is 11.9. The molecule has 6 heteroatoms. The van der Waals surface area contributed by atoms with Gasteiger partial charge in [-0.3, -0.25) is 19.4 Å². The molecule has 2 amide bonds. The highest BCUT2D eigenvalue weighted by Gasteiger charge is 2.28. The summed E-state index contributed by atoms with van der Waals surface area (Å²) in [6.07, 6.45) is 7.48. The smallest absolute Gasteiger partial charge is 0.237 e. The lowest BCUT2D eigenvalue weighted by atomic mass is 10.1. The highest BCUT2D eigenvalue weighted by Crippen LogP contribution is 2.15. The lowest BCUT2D eigenvalue weighted by Gasteiger charge is -2.22. The summed E-state index contributed by atoms with van der Waals surface area (Å²) in [4.78, 5) is 26.7. The van der Waals surface area contributed by atoms with E-state index in [0.717, 1.165) is 58.0 Å². The van der Waals surface area contributed by atoms with E-state index in [4.69, 9.17) is 5.73 Å². The van der Waals surface area contributed by atoms with Gasteiger partial charge in [-0.25, -0.2) is 0 Å². The minimum Gasteiger partial charge on any atom is -0.368 e. The van der Waals surface area contributed by atoms with Gasteiger partial charge in [0.25, 0.3) is 0 Å². The molecule has 0 aromatic rings. The molecule has 2 heterocycles. The first kappa shape index (κ1) is 20.9. The molecular formula is C18H36N4O2. The number of amides is 2. The van der Waals surface area contributed by atoms with Crippen molar-refractivity contribution in [2.24, 2.45) is 5.73 Å². The van der Waals surface area contributed by atoms with Crippen molar-refractivity contribution >= 4 is 11.8 Å². The Morgan fingerprint density at radius 3 is 1.96 bits per heavy atom. The van der Waals surface area contributed by atoms with Gasteiger partial charge in [0.05, 0.1) is 12.1 Å². The first-order valence-corrected chi connectivity index (χ1v) is 9.40. The van der Waals surface area contributed by atoms with E-state index in [2.05, 4.69) is 24.1 Å². The number of likely N-dealkylation sites (tertiary alicyclic amines) is 2. The molecule has 2 aliphatic rings. The molecule has 2 aliphatic heterocycles. The van der Waals surface area contributed by atoms with Gasteiger partial charge in [0.2, 0.25) is 11.8 Å². The van der Waals surface area contributed by atoms with Crippen LogP contribution in [-0.4, -0.2) is 66.9 Å². The van der Waals surface area contributed by atoms with Crippen molar-refractivity contribution < 1.29 is 9.59 Å². The van der Waals surface area contributed by atoms with Crippen molar-refractivity contribution in [2.75, 3.05) is 27.2 Å². The molecule has 3 N–H and O–H groups in total. The first-order chi connectivity index (χ1) is 11.4. The highest BCUT2D eigenvalue weighted by molar-refractivity contribution is 5.82. The number of carbonyl (C=O) groups is 2. The van der Waals surface area contributed by atoms with Gasteiger partial charge in [-0.1, -0.05) is 20.3 Å². The minimum atomic E-state index is -0.185. The predicted octanol–water partition coefficient (Wildman–Crippen LogP) is 1.34. The standard InChI is InChI=1S/C12H24N2O.C6H12N2O/c1-4-7-10(5-2)13-12(15)11-8-6-9-14(11)3;1-8-4-2-3-5(8)6(7)9/h10-11H,4-9H2,1-3H3,(H,13,15);5H,2-4H2,1H3,(H2,7,9)/t10-,11-;5-/m00/s1. The second kappa shape index (κ2) is 10.7. The molecule has 0 saturated carbocycles. The van der Waals surface area contributed by atoms with Crippen molar-refractivity contribution in [1.29, 1.82) is 0 Å². The van der Waals surface area contributed by atoms with Crippen LogP contribution in [0.2, 0.25) is 0 Å². The fourth-order valence-electron chi connectivity index (χ4n) is 3.54. The molecular weight excluding hydrogens is 304 g/mol. The number of nitrogens with two attached hydrogens (primary N) is 1. The SMILES string of the molecule is CCC[C@H](CC)NC(=O)[C@@H]1CCCN1C.CN1CCC[C@H]1C(N)=O. The number of rotatable bonds is 6. The van der Waals surface area contributed by atoms with Crippen LogP contribution >= 0.6 is 0 Å². The zero-order valence-corrected chi connectivity index (χ0v) is 15.9. The number of likely N-dealkylation sites (N-methyl/N-ethyl adjacent to an activating group) is 2. The molecule has 0 aliphatic carbocycles. The number of hydrogen-bond donors (Lipinski definition) is 2. The molecule has 140 valence electrons. The average molecular weight is 341 g/mol. The van der Waals surface area contributed by atoms with Crippen LogP contribution in [0, 0.1) is 0 Å². The topological polar surface area (TPSA) is 78.7 Å². The van der Waals surface area contributed by atoms with E-state index in [9.17, 15) is 9.59 Å². The van der Waals surface area contributed by atoms with Gasteiger partial charge in [0, 0.05) is 6.04 Å². The Morgan fingerprint density at radius 1 is 1.08 bits per heavy atom. The molecule has 2 rings (SSSR count). The molecule has 3 atom stereocenters. The molecule has 6 nitrogen and oxygen atoms in total. The van der Waals surface area contributed by atoms with Crippen molar-refractivity contribution in [2.45, 2.75) is 76.9 Å². The summed E-state index contributed by atoms with van der Waals surface area (Å²) < 4.78 is 0. The third kappa shape index (κ3) is 6.40. The average Bonchev–Trinajstić information content (AvgIpc) is 3.15. The second-order valence-electron chi connectivity index (χ2n) is 7.08. The molecule has 24 heavy (non-hydrogen) atoms. The molecule has 0 spiro atoms. The fraction of sp³-hybridized carbons (Fsp3) is 0.889. The van der Waals surface area contributed by atoms with Gasteiger partial charge >= 0.3 is 0 Å². The minimum absolute atomic E-state index is 0.00463. The van der Waals surface area contributed by atoms with E-state index < -0.39 is 0 Å². The van der Waals surface area contributed by atoms with Crippen LogP contribution in [0.5, 0.6) is 0 Å². The van der Waals surface area contributed by atoms with E-state index in [1.807, 2.05) is 19.0 Å². The van der Waals surface area contributed by atoms with Crippen LogP contribution in [0.25, 0.3) is 0 Å². The third-order valence-electron chi connectivity index (χ3n) is 5.15. The van der Waals surface area contributed by atoms with E-state index in [0.29, 0.717) is 6.04 Å². The molecule has 0 aromatic carbocycles. The van der Waals surface area contributed by atoms with E-state index in [1.54, 1.807) is 0 Å². The molecule has 2 fully saturated rings. The normalized spacial score (nSPS) is 25.8. The van der Waals surface area contributed by atoms with Crippen LogP contribution in [0.1, 0.15) is 58.8 Å². The monoisotopic (exact) mass is 340 g/mol. The molecule has 0 radical (unpaired) electrons. The Balaban J connectivity index is 0.000000272. The van der Waals surface area contributed by atoms with Crippen LogP contribution in [0.4, 0.5) is 0 Å². The molecule has 0 bridgehead atoms. The number of nitrogens with one attached hydrogen (secondary N) is 1. The summed E-state index contributed by atoms with van der Waals surface area (Å²) in [5, 5.41) is 3.16. The lowest BCUT2D eigenvalue weighted by molar-refractivity contribution is -0.126. The Bertz CT molecular complexity index is 402. The van der Waals surface area contributed by atoms with Gasteiger partial charge in [-0.05, 0) is 65.7 Å². The molecule has 0 aromatic heterocycles. The number of carbonyl (C=O) groups excluding carboxylic acids is 2. The number of primary amides is 1. The van der Waals surface area contributed by atoms with Crippen molar-refractivity contribution in [3.63, 3.8) is 0 Å². The van der Waals surface area contributed by atoms with Gasteiger partial charge < -0.3 is 11.1 Å². The summed E-state index contributed by atoms with van der Waals surface area (Å²) in [6, 6.07) is 0.498. The Morgan fingerprint density at radius 2 is 1.62 bits per heavy atom. The van der Waals surface area contributed by atoms with Gasteiger partial charge in [-0.2, -0.15) is 0 Å². The maximum Gasteiger partial charge on any atom is 0.237 e. The molecule has 2 saturated heterocycles. The van der Waals surface area contributed by atoms with E-state index >= 15 is 0 Å². The first-order valence-electron chi connectivity index (χ1n) is 9.40. The van der Waals surface area contributed by atoms with Crippen LogP contribution in [0.3, 0.4) is 0 Å². The van der Waals surface area contributed by atoms with E-state index in [1.165, 1.54) is 0 Å². The van der Waals surface area contributed by atoms with Crippen molar-refractivity contribution in [3.05, 3.63) is 0 Å². The van der Waals surface area contributed by atoms with Crippen molar-refractivity contribution in [3.8, 4) is 0 Å². The van der Waals surface area contributed by atoms with Crippen LogP contribution in [0.15, 0.2) is 0 Å². The van der Waals surface area contributed by atoms with Crippen LogP contribution < -0.4 is 11.1 Å². The second-order valence-corrected chi connectivity index (χ2v) is 7.08. The lowest BCUT2D eigenvalue weighted by Crippen LogP contribution is -2.45. The summed E-state index contributed by atoms with van der Waals surface area (Å²) in [5.41, 5.74) is 5.11. The van der Waals surface area contributed by atoms with Crippen LogP contribution in [-0.2, 0) is 9.59 Å². The Kier molecular flexibility index (Phi) is 9.29. The van der Waals surface area contributed by atoms with E-state index in [-0.39, 0.29) is 23.9 Å². The molecule has 0 unspecified atom stereocenters. The van der Waals surface area contributed by atoms with Gasteiger partial charge in [0.1, 0.15) is 0 Å². The summed E-state index contributed by atoms with van der Waals surface area (Å²) in [7, 11) is 3.97. The highest BCUT2D eigenvalue weighted by atomic mass is 16.2. The number of nitrogens with zero attached hydrogens (tertiary/aromatic N) is 2. The number of hydrogen-bond acceptors (Lipinski definition) is 4.